The number of likely N-dealkylation sites (tertiary alicyclic amines) is 1. The van der Waals surface area contributed by atoms with Crippen molar-refractivity contribution in [3.63, 3.8) is 0 Å². The highest BCUT2D eigenvalue weighted by Crippen LogP contribution is 2.17. The van der Waals surface area contributed by atoms with Gasteiger partial charge in [-0.3, -0.25) is 9.69 Å². The molecule has 0 radical (unpaired) electrons. The molecule has 1 fully saturated rings. The first-order chi connectivity index (χ1) is 8.38. The molecule has 5 heteroatoms. The van der Waals surface area contributed by atoms with Crippen molar-refractivity contribution in [2.24, 2.45) is 5.92 Å². The standard InChI is InChI=1S/C13H27N3O2/c1-10(2)6-14-13(18)9-16-8-12(17)5-11(16)7-15(3)4/h10-12,17H,5-9H2,1-4H3,(H,14,18). The fraction of sp³-hybridized carbons (Fsp3) is 0.923. The molecule has 1 aliphatic heterocycles. The molecule has 106 valence electrons. The number of hydrogen-bond donors (Lipinski definition) is 2. The Bertz CT molecular complexity index is 269. The first-order valence-corrected chi connectivity index (χ1v) is 6.72. The van der Waals surface area contributed by atoms with Gasteiger partial charge in [-0.05, 0) is 26.4 Å². The summed E-state index contributed by atoms with van der Waals surface area (Å²) in [5.74, 6) is 0.525. The van der Waals surface area contributed by atoms with Crippen LogP contribution in [-0.4, -0.2) is 73.2 Å². The largest absolute Gasteiger partial charge is 0.392 e. The van der Waals surface area contributed by atoms with Gasteiger partial charge in [-0.15, -0.1) is 0 Å². The Morgan fingerprint density at radius 2 is 2.17 bits per heavy atom. The first kappa shape index (κ1) is 15.4. The average molecular weight is 257 g/mol. The van der Waals surface area contributed by atoms with Crippen molar-refractivity contribution in [2.75, 3.05) is 40.3 Å². The van der Waals surface area contributed by atoms with Crippen molar-refractivity contribution in [3.05, 3.63) is 0 Å². The van der Waals surface area contributed by atoms with E-state index in [1.54, 1.807) is 0 Å². The molecular formula is C13H27N3O2. The molecule has 2 atom stereocenters. The highest BCUT2D eigenvalue weighted by atomic mass is 16.3. The third-order valence-corrected chi connectivity index (χ3v) is 3.14. The molecule has 0 saturated carbocycles. The maximum atomic E-state index is 11.8. The van der Waals surface area contributed by atoms with Gasteiger partial charge in [0.05, 0.1) is 12.6 Å². The van der Waals surface area contributed by atoms with E-state index in [2.05, 4.69) is 29.0 Å². The van der Waals surface area contributed by atoms with Crippen LogP contribution in [0, 0.1) is 5.92 Å². The Morgan fingerprint density at radius 3 is 2.72 bits per heavy atom. The van der Waals surface area contributed by atoms with E-state index in [0.29, 0.717) is 25.6 Å². The smallest absolute Gasteiger partial charge is 0.234 e. The number of amides is 1. The molecule has 5 nitrogen and oxygen atoms in total. The van der Waals surface area contributed by atoms with Gasteiger partial charge in [-0.1, -0.05) is 13.8 Å². The predicted octanol–water partition coefficient (Wildman–Crippen LogP) is -0.245. The van der Waals surface area contributed by atoms with E-state index in [-0.39, 0.29) is 18.1 Å². The molecule has 0 aliphatic carbocycles. The first-order valence-electron chi connectivity index (χ1n) is 6.72. The number of carbonyl (C=O) groups is 1. The van der Waals surface area contributed by atoms with Crippen molar-refractivity contribution in [3.8, 4) is 0 Å². The molecule has 1 aliphatic rings. The third-order valence-electron chi connectivity index (χ3n) is 3.14. The molecule has 18 heavy (non-hydrogen) atoms. The summed E-state index contributed by atoms with van der Waals surface area (Å²) >= 11 is 0. The van der Waals surface area contributed by atoms with Crippen LogP contribution < -0.4 is 5.32 Å². The van der Waals surface area contributed by atoms with E-state index in [9.17, 15) is 9.90 Å². The lowest BCUT2D eigenvalue weighted by molar-refractivity contribution is -0.122. The Hall–Kier alpha value is -0.650. The molecule has 0 spiro atoms. The van der Waals surface area contributed by atoms with Crippen molar-refractivity contribution in [2.45, 2.75) is 32.4 Å². The molecule has 0 bridgehead atoms. The predicted molar refractivity (Wildman–Crippen MR) is 72.4 cm³/mol. The maximum Gasteiger partial charge on any atom is 0.234 e. The lowest BCUT2D eigenvalue weighted by Gasteiger charge is -2.26. The van der Waals surface area contributed by atoms with Crippen LogP contribution in [0.25, 0.3) is 0 Å². The van der Waals surface area contributed by atoms with Crippen molar-refractivity contribution < 1.29 is 9.90 Å². The van der Waals surface area contributed by atoms with Gasteiger partial charge in [-0.25, -0.2) is 0 Å². The third kappa shape index (κ3) is 5.33. The summed E-state index contributed by atoms with van der Waals surface area (Å²) < 4.78 is 0. The van der Waals surface area contributed by atoms with Crippen LogP contribution in [0.5, 0.6) is 0 Å². The van der Waals surface area contributed by atoms with Gasteiger partial charge in [0.15, 0.2) is 0 Å². The lowest BCUT2D eigenvalue weighted by atomic mass is 10.2. The zero-order valence-corrected chi connectivity index (χ0v) is 12.0. The van der Waals surface area contributed by atoms with Crippen LogP contribution >= 0.6 is 0 Å². The summed E-state index contributed by atoms with van der Waals surface area (Å²) in [4.78, 5) is 16.0. The zero-order valence-electron chi connectivity index (χ0n) is 12.0. The summed E-state index contributed by atoms with van der Waals surface area (Å²) in [6, 6.07) is 0.278. The summed E-state index contributed by atoms with van der Waals surface area (Å²) in [5, 5.41) is 12.6. The minimum atomic E-state index is -0.298. The minimum Gasteiger partial charge on any atom is -0.392 e. The van der Waals surface area contributed by atoms with E-state index < -0.39 is 0 Å². The second-order valence-electron chi connectivity index (χ2n) is 5.93. The van der Waals surface area contributed by atoms with Gasteiger partial charge < -0.3 is 15.3 Å². The van der Waals surface area contributed by atoms with Crippen LogP contribution in [-0.2, 0) is 4.79 Å². The van der Waals surface area contributed by atoms with Crippen LogP contribution in [0.4, 0.5) is 0 Å². The molecule has 1 saturated heterocycles. The molecule has 0 aromatic carbocycles. The molecular weight excluding hydrogens is 230 g/mol. The number of nitrogens with one attached hydrogen (secondary N) is 1. The van der Waals surface area contributed by atoms with Crippen molar-refractivity contribution in [1.82, 2.24) is 15.1 Å². The Labute approximate surface area is 110 Å². The quantitative estimate of drug-likeness (QED) is 0.689. The van der Waals surface area contributed by atoms with Crippen molar-refractivity contribution in [1.29, 1.82) is 0 Å². The monoisotopic (exact) mass is 257 g/mol. The van der Waals surface area contributed by atoms with Gasteiger partial charge >= 0.3 is 0 Å². The summed E-state index contributed by atoms with van der Waals surface area (Å²) in [5.41, 5.74) is 0. The van der Waals surface area contributed by atoms with E-state index in [0.717, 1.165) is 13.0 Å². The molecule has 0 aromatic heterocycles. The summed E-state index contributed by atoms with van der Waals surface area (Å²) in [6.07, 6.45) is 0.461. The van der Waals surface area contributed by atoms with Crippen LogP contribution in [0.2, 0.25) is 0 Å². The number of likely N-dealkylation sites (N-methyl/N-ethyl adjacent to an activating group) is 1. The van der Waals surface area contributed by atoms with E-state index in [1.807, 2.05) is 14.1 Å². The number of carbonyl (C=O) groups excluding carboxylic acids is 1. The highest BCUT2D eigenvalue weighted by molar-refractivity contribution is 5.78. The molecule has 2 unspecified atom stereocenters. The van der Waals surface area contributed by atoms with Crippen LogP contribution in [0.15, 0.2) is 0 Å². The molecule has 1 heterocycles. The Morgan fingerprint density at radius 1 is 1.50 bits per heavy atom. The van der Waals surface area contributed by atoms with Crippen LogP contribution in [0.1, 0.15) is 20.3 Å². The number of hydrogen-bond acceptors (Lipinski definition) is 4. The molecule has 0 aromatic rings. The lowest BCUT2D eigenvalue weighted by Crippen LogP contribution is -2.44. The Kier molecular flexibility index (Phi) is 6.05. The molecule has 1 rings (SSSR count). The number of aliphatic hydroxyl groups is 1. The average Bonchev–Trinajstić information content (AvgIpc) is 2.55. The van der Waals surface area contributed by atoms with Gasteiger partial charge in [0.1, 0.15) is 0 Å². The summed E-state index contributed by atoms with van der Waals surface area (Å²) in [6.45, 7) is 6.75. The van der Waals surface area contributed by atoms with Gasteiger partial charge in [0, 0.05) is 25.7 Å². The normalized spacial score (nSPS) is 25.1. The van der Waals surface area contributed by atoms with E-state index >= 15 is 0 Å². The highest BCUT2D eigenvalue weighted by Gasteiger charge is 2.32. The van der Waals surface area contributed by atoms with Crippen LogP contribution in [0.3, 0.4) is 0 Å². The van der Waals surface area contributed by atoms with Gasteiger partial charge in [0.2, 0.25) is 5.91 Å². The maximum absolute atomic E-state index is 11.8. The molecule has 2 N–H and O–H groups in total. The van der Waals surface area contributed by atoms with Gasteiger partial charge in [0.25, 0.3) is 0 Å². The van der Waals surface area contributed by atoms with Crippen molar-refractivity contribution >= 4 is 5.91 Å². The van der Waals surface area contributed by atoms with Gasteiger partial charge in [-0.2, -0.15) is 0 Å². The number of rotatable bonds is 6. The number of β-amino-alcohol motifs (C(OH)–C–C–N with tert-alkyl or cyclic N) is 1. The SMILES string of the molecule is CC(C)CNC(=O)CN1CC(O)CC1CN(C)C. The Balaban J connectivity index is 2.40. The zero-order chi connectivity index (χ0) is 13.7. The molecule has 1 amide bonds. The fourth-order valence-corrected chi connectivity index (χ4v) is 2.32. The van der Waals surface area contributed by atoms with E-state index in [4.69, 9.17) is 0 Å². The number of aliphatic hydroxyl groups excluding tert-OH is 1. The minimum absolute atomic E-state index is 0.0570. The van der Waals surface area contributed by atoms with E-state index in [1.165, 1.54) is 0 Å². The summed E-state index contributed by atoms with van der Waals surface area (Å²) in [7, 11) is 4.03. The second-order valence-corrected chi connectivity index (χ2v) is 5.93. The topological polar surface area (TPSA) is 55.8 Å². The number of nitrogens with zero attached hydrogens (tertiary/aromatic N) is 2. The fourth-order valence-electron chi connectivity index (χ4n) is 2.32. The second kappa shape index (κ2) is 7.07.